The molecule has 1 saturated heterocycles. The van der Waals surface area contributed by atoms with Gasteiger partial charge in [-0.05, 0) is 54.0 Å². The van der Waals surface area contributed by atoms with Crippen molar-refractivity contribution in [2.75, 3.05) is 26.8 Å². The zero-order valence-corrected chi connectivity index (χ0v) is 15.2. The van der Waals surface area contributed by atoms with E-state index in [0.29, 0.717) is 12.5 Å². The van der Waals surface area contributed by atoms with E-state index in [2.05, 4.69) is 18.2 Å². The number of methoxy groups -OCH3 is 1. The first kappa shape index (κ1) is 17.1. The molecule has 0 bridgehead atoms. The maximum atomic E-state index is 13.0. The molecule has 2 aliphatic heterocycles. The molecule has 0 radical (unpaired) electrons. The lowest BCUT2D eigenvalue weighted by Crippen LogP contribution is -2.42. The van der Waals surface area contributed by atoms with Crippen LogP contribution in [0.25, 0.3) is 0 Å². The van der Waals surface area contributed by atoms with Gasteiger partial charge in [-0.1, -0.05) is 36.4 Å². The van der Waals surface area contributed by atoms with Gasteiger partial charge < -0.3 is 14.4 Å². The van der Waals surface area contributed by atoms with Crippen LogP contribution in [0.15, 0.2) is 48.5 Å². The van der Waals surface area contributed by atoms with Gasteiger partial charge in [0.2, 0.25) is 0 Å². The van der Waals surface area contributed by atoms with E-state index in [9.17, 15) is 4.79 Å². The second kappa shape index (κ2) is 7.50. The molecule has 1 atom stereocenters. The number of piperidine rings is 1. The first-order valence-corrected chi connectivity index (χ1v) is 9.38. The zero-order chi connectivity index (χ0) is 17.9. The van der Waals surface area contributed by atoms with Gasteiger partial charge in [-0.15, -0.1) is 0 Å². The fourth-order valence-electron chi connectivity index (χ4n) is 4.09. The van der Waals surface area contributed by atoms with E-state index in [1.807, 2.05) is 35.2 Å². The topological polar surface area (TPSA) is 38.8 Å². The number of amides is 1. The molecule has 4 heteroatoms. The summed E-state index contributed by atoms with van der Waals surface area (Å²) >= 11 is 0. The lowest BCUT2D eigenvalue weighted by molar-refractivity contribution is -0.146. The highest BCUT2D eigenvalue weighted by Crippen LogP contribution is 2.33. The zero-order valence-electron chi connectivity index (χ0n) is 15.2. The average molecular weight is 351 g/mol. The van der Waals surface area contributed by atoms with E-state index < -0.39 is 6.10 Å². The van der Waals surface area contributed by atoms with Crippen molar-refractivity contribution in [3.63, 3.8) is 0 Å². The average Bonchev–Trinajstić information content (AvgIpc) is 2.73. The minimum Gasteiger partial charge on any atom is -0.497 e. The molecule has 2 heterocycles. The normalized spacial score (nSPS) is 20.5. The van der Waals surface area contributed by atoms with Gasteiger partial charge in [-0.3, -0.25) is 4.79 Å². The number of likely N-dealkylation sites (tertiary alicyclic amines) is 1. The number of fused-ring (bicyclic) bond motifs is 1. The van der Waals surface area contributed by atoms with Gasteiger partial charge in [-0.2, -0.15) is 0 Å². The summed E-state index contributed by atoms with van der Waals surface area (Å²) in [5.41, 5.74) is 3.58. The Labute approximate surface area is 154 Å². The number of hydrogen-bond acceptors (Lipinski definition) is 3. The summed E-state index contributed by atoms with van der Waals surface area (Å²) in [6.45, 7) is 2.18. The molecule has 1 unspecified atom stereocenters. The fraction of sp³-hybridized carbons (Fsp3) is 0.409. The van der Waals surface area contributed by atoms with Crippen molar-refractivity contribution in [3.05, 3.63) is 65.2 Å². The minimum atomic E-state index is -0.437. The van der Waals surface area contributed by atoms with Crippen LogP contribution in [-0.4, -0.2) is 37.6 Å². The van der Waals surface area contributed by atoms with Crippen molar-refractivity contribution in [1.82, 2.24) is 4.90 Å². The van der Waals surface area contributed by atoms with E-state index in [-0.39, 0.29) is 5.91 Å². The Morgan fingerprint density at radius 1 is 1.12 bits per heavy atom. The Kier molecular flexibility index (Phi) is 4.93. The smallest absolute Gasteiger partial charge is 0.256 e. The second-order valence-electron chi connectivity index (χ2n) is 7.08. The van der Waals surface area contributed by atoms with Gasteiger partial charge in [0.05, 0.1) is 13.7 Å². The Morgan fingerprint density at radius 2 is 1.92 bits per heavy atom. The maximum absolute atomic E-state index is 13.0. The van der Waals surface area contributed by atoms with Crippen LogP contribution in [0.2, 0.25) is 0 Å². The van der Waals surface area contributed by atoms with E-state index in [0.717, 1.165) is 43.7 Å². The summed E-state index contributed by atoms with van der Waals surface area (Å²) in [6, 6.07) is 16.4. The lowest BCUT2D eigenvalue weighted by atomic mass is 9.88. The molecule has 0 aromatic heterocycles. The number of nitrogens with zero attached hydrogens (tertiary/aromatic N) is 1. The van der Waals surface area contributed by atoms with Gasteiger partial charge in [0.25, 0.3) is 5.91 Å². The number of carbonyl (C=O) groups excluding carboxylic acids is 1. The molecule has 4 rings (SSSR count). The third kappa shape index (κ3) is 3.34. The van der Waals surface area contributed by atoms with Crippen molar-refractivity contribution < 1.29 is 14.3 Å². The summed E-state index contributed by atoms with van der Waals surface area (Å²) < 4.78 is 11.2. The molecular weight excluding hydrogens is 326 g/mol. The summed E-state index contributed by atoms with van der Waals surface area (Å²) in [6.07, 6.45) is 2.41. The van der Waals surface area contributed by atoms with E-state index in [1.54, 1.807) is 7.11 Å². The molecule has 1 fully saturated rings. The highest BCUT2D eigenvalue weighted by molar-refractivity contribution is 5.83. The molecule has 1 amide bonds. The van der Waals surface area contributed by atoms with Crippen LogP contribution in [0, 0.1) is 0 Å². The lowest BCUT2D eigenvalue weighted by Gasteiger charge is -2.36. The molecule has 2 aromatic carbocycles. The van der Waals surface area contributed by atoms with Crippen LogP contribution < -0.4 is 4.74 Å². The summed E-state index contributed by atoms with van der Waals surface area (Å²) in [5, 5.41) is 0. The summed E-state index contributed by atoms with van der Waals surface area (Å²) in [4.78, 5) is 15.0. The second-order valence-corrected chi connectivity index (χ2v) is 7.08. The van der Waals surface area contributed by atoms with Gasteiger partial charge in [0.15, 0.2) is 6.10 Å². The molecule has 4 nitrogen and oxygen atoms in total. The first-order valence-electron chi connectivity index (χ1n) is 9.38. The van der Waals surface area contributed by atoms with Crippen molar-refractivity contribution in [3.8, 4) is 5.75 Å². The van der Waals surface area contributed by atoms with Crippen molar-refractivity contribution in [2.24, 2.45) is 0 Å². The molecule has 0 saturated carbocycles. The Balaban J connectivity index is 1.43. The predicted octanol–water partition coefficient (Wildman–Crippen LogP) is 3.72. The predicted molar refractivity (Wildman–Crippen MR) is 100 cm³/mol. The monoisotopic (exact) mass is 351 g/mol. The molecule has 2 aliphatic rings. The van der Waals surface area contributed by atoms with E-state index >= 15 is 0 Å². The van der Waals surface area contributed by atoms with Crippen molar-refractivity contribution in [1.29, 1.82) is 0 Å². The number of hydrogen-bond donors (Lipinski definition) is 0. The molecule has 0 aliphatic carbocycles. The van der Waals surface area contributed by atoms with Gasteiger partial charge in [0, 0.05) is 13.1 Å². The first-order chi connectivity index (χ1) is 12.8. The molecule has 26 heavy (non-hydrogen) atoms. The number of benzene rings is 2. The van der Waals surface area contributed by atoms with Crippen LogP contribution in [-0.2, 0) is 16.0 Å². The molecule has 0 N–H and O–H groups in total. The Hall–Kier alpha value is -2.33. The number of ether oxygens (including phenoxy) is 2. The van der Waals surface area contributed by atoms with Crippen molar-refractivity contribution in [2.45, 2.75) is 31.3 Å². The highest BCUT2D eigenvalue weighted by Gasteiger charge is 2.33. The molecule has 136 valence electrons. The maximum Gasteiger partial charge on any atom is 0.256 e. The van der Waals surface area contributed by atoms with Crippen LogP contribution in [0.4, 0.5) is 0 Å². The molecule has 0 spiro atoms. The van der Waals surface area contributed by atoms with Crippen LogP contribution in [0.5, 0.6) is 5.75 Å². The Morgan fingerprint density at radius 3 is 2.73 bits per heavy atom. The van der Waals surface area contributed by atoms with Gasteiger partial charge in [0.1, 0.15) is 5.75 Å². The third-order valence-electron chi connectivity index (χ3n) is 5.59. The highest BCUT2D eigenvalue weighted by atomic mass is 16.5. The summed E-state index contributed by atoms with van der Waals surface area (Å²) in [5.74, 6) is 1.49. The quantitative estimate of drug-likeness (QED) is 0.846. The minimum absolute atomic E-state index is 0.112. The van der Waals surface area contributed by atoms with E-state index in [4.69, 9.17) is 9.47 Å². The summed E-state index contributed by atoms with van der Waals surface area (Å²) in [7, 11) is 1.70. The third-order valence-corrected chi connectivity index (χ3v) is 5.59. The largest absolute Gasteiger partial charge is 0.497 e. The fourth-order valence-corrected chi connectivity index (χ4v) is 4.09. The van der Waals surface area contributed by atoms with E-state index in [1.165, 1.54) is 11.1 Å². The van der Waals surface area contributed by atoms with Crippen LogP contribution >= 0.6 is 0 Å². The van der Waals surface area contributed by atoms with Crippen LogP contribution in [0.3, 0.4) is 0 Å². The Bertz CT molecular complexity index is 780. The molecular formula is C22H25NO3. The van der Waals surface area contributed by atoms with Crippen molar-refractivity contribution >= 4 is 5.91 Å². The number of rotatable bonds is 3. The molecule has 2 aromatic rings. The van der Waals surface area contributed by atoms with Gasteiger partial charge in [-0.25, -0.2) is 0 Å². The van der Waals surface area contributed by atoms with Crippen LogP contribution in [0.1, 0.15) is 41.6 Å². The standard InChI is InChI=1S/C22H25NO3/c1-25-19-7-4-6-18(15-19)16-9-12-23(13-10-16)22(24)21-20-8-3-2-5-17(20)11-14-26-21/h2-8,15-16,21H,9-14H2,1H3. The SMILES string of the molecule is COc1cccc(C2CCN(C(=O)C3OCCc4ccccc43)CC2)c1. The number of carbonyl (C=O) groups is 1. The van der Waals surface area contributed by atoms with Gasteiger partial charge >= 0.3 is 0 Å².